The summed E-state index contributed by atoms with van der Waals surface area (Å²) in [4.78, 5) is 7.97. The van der Waals surface area contributed by atoms with Gasteiger partial charge in [-0.05, 0) is 0 Å². The number of nitrogens with one attached hydrogen (secondary N) is 1. The Balaban J connectivity index is 2.23. The van der Waals surface area contributed by atoms with Crippen LogP contribution in [0.1, 0.15) is 0 Å². The largest absolute Gasteiger partial charge is 0.382 e. The molecule has 3 N–H and O–H groups in total. The lowest BCUT2D eigenvalue weighted by Gasteiger charge is -2.04. The molecule has 6 heteroatoms. The number of nitrogens with zero attached hydrogens (tertiary/aromatic N) is 4. The van der Waals surface area contributed by atoms with Gasteiger partial charge in [-0.3, -0.25) is 9.67 Å². The second-order valence-corrected chi connectivity index (χ2v) is 2.79. The van der Waals surface area contributed by atoms with E-state index in [0.717, 1.165) is 5.82 Å². The second-order valence-electron chi connectivity index (χ2n) is 2.79. The average molecular weight is 190 g/mol. The molecule has 2 aromatic rings. The number of rotatable bonds is 2. The van der Waals surface area contributed by atoms with Crippen LogP contribution in [0.4, 0.5) is 17.5 Å². The minimum absolute atomic E-state index is 0.386. The molecule has 0 spiro atoms. The summed E-state index contributed by atoms with van der Waals surface area (Å²) in [6.07, 6.45) is 4.79. The molecule has 0 unspecified atom stereocenters. The molecule has 0 saturated heterocycles. The molecule has 2 aromatic heterocycles. The standard InChI is InChI=1S/C8H10N6/c1-14-8(2-3-11-14)13-7-5-10-4-6(9)12-7/h2-5H,1H3,(H3,9,12,13). The molecule has 0 atom stereocenters. The Labute approximate surface area is 80.8 Å². The van der Waals surface area contributed by atoms with Gasteiger partial charge in [-0.25, -0.2) is 4.98 Å². The van der Waals surface area contributed by atoms with E-state index in [2.05, 4.69) is 20.4 Å². The van der Waals surface area contributed by atoms with Crippen molar-refractivity contribution >= 4 is 17.5 Å². The van der Waals surface area contributed by atoms with Crippen LogP contribution in [0.15, 0.2) is 24.7 Å². The van der Waals surface area contributed by atoms with Crippen LogP contribution in [0, 0.1) is 0 Å². The highest BCUT2D eigenvalue weighted by Gasteiger charge is 2.00. The molecule has 0 amide bonds. The summed E-state index contributed by atoms with van der Waals surface area (Å²) in [5.74, 6) is 1.83. The predicted octanol–water partition coefficient (Wildman–Crippen LogP) is 0.536. The summed E-state index contributed by atoms with van der Waals surface area (Å²) in [5, 5.41) is 7.05. The van der Waals surface area contributed by atoms with E-state index in [1.165, 1.54) is 6.20 Å². The van der Waals surface area contributed by atoms with Crippen molar-refractivity contribution in [3.8, 4) is 0 Å². The molecule has 0 radical (unpaired) electrons. The molecule has 0 bridgehead atoms. The molecular weight excluding hydrogens is 180 g/mol. The zero-order valence-corrected chi connectivity index (χ0v) is 7.68. The summed E-state index contributed by atoms with van der Waals surface area (Å²) in [6, 6.07) is 1.84. The molecule has 0 aliphatic carbocycles. The lowest BCUT2D eigenvalue weighted by molar-refractivity contribution is 0.776. The molecular formula is C8H10N6. The van der Waals surface area contributed by atoms with Crippen molar-refractivity contribution in [3.05, 3.63) is 24.7 Å². The highest BCUT2D eigenvalue weighted by molar-refractivity contribution is 5.51. The summed E-state index contributed by atoms with van der Waals surface area (Å²) in [5.41, 5.74) is 5.49. The minimum atomic E-state index is 0.386. The van der Waals surface area contributed by atoms with Crippen LogP contribution in [-0.4, -0.2) is 19.7 Å². The minimum Gasteiger partial charge on any atom is -0.382 e. The van der Waals surface area contributed by atoms with Crippen LogP contribution in [-0.2, 0) is 7.05 Å². The van der Waals surface area contributed by atoms with Crippen LogP contribution < -0.4 is 11.1 Å². The quantitative estimate of drug-likeness (QED) is 0.722. The first kappa shape index (κ1) is 8.49. The predicted molar refractivity (Wildman–Crippen MR) is 52.9 cm³/mol. The van der Waals surface area contributed by atoms with E-state index in [1.807, 2.05) is 13.1 Å². The van der Waals surface area contributed by atoms with Gasteiger partial charge in [0.1, 0.15) is 11.6 Å². The summed E-state index contributed by atoms with van der Waals surface area (Å²) >= 11 is 0. The van der Waals surface area contributed by atoms with Crippen molar-refractivity contribution in [1.82, 2.24) is 19.7 Å². The van der Waals surface area contributed by atoms with Crippen molar-refractivity contribution in [3.63, 3.8) is 0 Å². The fourth-order valence-corrected chi connectivity index (χ4v) is 1.07. The van der Waals surface area contributed by atoms with E-state index in [1.54, 1.807) is 17.1 Å². The number of nitrogen functional groups attached to an aromatic ring is 1. The van der Waals surface area contributed by atoms with E-state index in [0.29, 0.717) is 11.6 Å². The van der Waals surface area contributed by atoms with Gasteiger partial charge in [0.05, 0.1) is 18.6 Å². The second kappa shape index (κ2) is 3.33. The smallest absolute Gasteiger partial charge is 0.152 e. The normalized spacial score (nSPS) is 10.1. The first-order chi connectivity index (χ1) is 6.75. The maximum absolute atomic E-state index is 5.49. The molecule has 0 aliphatic heterocycles. The number of aromatic nitrogens is 4. The van der Waals surface area contributed by atoms with Crippen molar-refractivity contribution in [2.24, 2.45) is 7.05 Å². The van der Waals surface area contributed by atoms with Gasteiger partial charge < -0.3 is 11.1 Å². The summed E-state index contributed by atoms with van der Waals surface area (Å²) < 4.78 is 1.70. The van der Waals surface area contributed by atoms with Crippen LogP contribution in [0.25, 0.3) is 0 Å². The lowest BCUT2D eigenvalue weighted by atomic mass is 10.5. The number of hydrogen-bond acceptors (Lipinski definition) is 5. The molecule has 2 rings (SSSR count). The zero-order chi connectivity index (χ0) is 9.97. The van der Waals surface area contributed by atoms with Crippen molar-refractivity contribution in [1.29, 1.82) is 0 Å². The molecule has 2 heterocycles. The van der Waals surface area contributed by atoms with E-state index in [9.17, 15) is 0 Å². The maximum Gasteiger partial charge on any atom is 0.152 e. The van der Waals surface area contributed by atoms with Crippen molar-refractivity contribution in [2.45, 2.75) is 0 Å². The van der Waals surface area contributed by atoms with E-state index >= 15 is 0 Å². The fourth-order valence-electron chi connectivity index (χ4n) is 1.07. The van der Waals surface area contributed by atoms with Gasteiger partial charge in [0.25, 0.3) is 0 Å². The van der Waals surface area contributed by atoms with Gasteiger partial charge in [-0.2, -0.15) is 5.10 Å². The van der Waals surface area contributed by atoms with Crippen LogP contribution in [0.2, 0.25) is 0 Å². The third kappa shape index (κ3) is 1.63. The first-order valence-corrected chi connectivity index (χ1v) is 4.08. The van der Waals surface area contributed by atoms with Gasteiger partial charge in [-0.1, -0.05) is 0 Å². The highest BCUT2D eigenvalue weighted by atomic mass is 15.3. The van der Waals surface area contributed by atoms with Gasteiger partial charge in [-0.15, -0.1) is 0 Å². The first-order valence-electron chi connectivity index (χ1n) is 4.08. The van der Waals surface area contributed by atoms with Crippen LogP contribution in [0.3, 0.4) is 0 Å². The SMILES string of the molecule is Cn1nccc1Nc1cncc(N)n1. The van der Waals surface area contributed by atoms with E-state index in [4.69, 9.17) is 5.73 Å². The highest BCUT2D eigenvalue weighted by Crippen LogP contribution is 2.12. The van der Waals surface area contributed by atoms with Gasteiger partial charge >= 0.3 is 0 Å². The molecule has 0 aromatic carbocycles. The topological polar surface area (TPSA) is 81.7 Å². The third-order valence-corrected chi connectivity index (χ3v) is 1.73. The molecule has 6 nitrogen and oxygen atoms in total. The van der Waals surface area contributed by atoms with Gasteiger partial charge in [0.2, 0.25) is 0 Å². The Morgan fingerprint density at radius 1 is 1.43 bits per heavy atom. The Kier molecular flexibility index (Phi) is 2.02. The monoisotopic (exact) mass is 190 g/mol. The number of nitrogens with two attached hydrogens (primary N) is 1. The third-order valence-electron chi connectivity index (χ3n) is 1.73. The molecule has 0 fully saturated rings. The average Bonchev–Trinajstić information content (AvgIpc) is 2.52. The molecule has 0 aliphatic rings. The molecule has 14 heavy (non-hydrogen) atoms. The molecule has 0 saturated carbocycles. The summed E-state index contributed by atoms with van der Waals surface area (Å²) in [6.45, 7) is 0. The summed E-state index contributed by atoms with van der Waals surface area (Å²) in [7, 11) is 1.84. The maximum atomic E-state index is 5.49. The van der Waals surface area contributed by atoms with Gasteiger partial charge in [0.15, 0.2) is 5.82 Å². The fraction of sp³-hybridized carbons (Fsp3) is 0.125. The zero-order valence-electron chi connectivity index (χ0n) is 7.68. The lowest BCUT2D eigenvalue weighted by Crippen LogP contribution is -2.02. The molecule has 72 valence electrons. The van der Waals surface area contributed by atoms with Crippen LogP contribution in [0.5, 0.6) is 0 Å². The van der Waals surface area contributed by atoms with Gasteiger partial charge in [0, 0.05) is 13.1 Å². The van der Waals surface area contributed by atoms with E-state index < -0.39 is 0 Å². The number of anilines is 3. The number of aryl methyl sites for hydroxylation is 1. The Morgan fingerprint density at radius 2 is 2.29 bits per heavy atom. The van der Waals surface area contributed by atoms with E-state index in [-0.39, 0.29) is 0 Å². The Bertz CT molecular complexity index is 435. The number of hydrogen-bond donors (Lipinski definition) is 2. The van der Waals surface area contributed by atoms with Crippen LogP contribution >= 0.6 is 0 Å². The Hall–Kier alpha value is -2.11. The Morgan fingerprint density at radius 3 is 2.93 bits per heavy atom. The van der Waals surface area contributed by atoms with Crippen molar-refractivity contribution < 1.29 is 0 Å². The van der Waals surface area contributed by atoms with Crippen molar-refractivity contribution in [2.75, 3.05) is 11.1 Å².